The molecule has 2 N–H and O–H groups in total. The first-order valence-corrected chi connectivity index (χ1v) is 7.32. The van der Waals surface area contributed by atoms with E-state index in [1.54, 1.807) is 12.1 Å². The smallest absolute Gasteiger partial charge is 0.139 e. The second-order valence-electron chi connectivity index (χ2n) is 4.62. The molecule has 0 aliphatic heterocycles. The van der Waals surface area contributed by atoms with Gasteiger partial charge in [-0.3, -0.25) is 0 Å². The van der Waals surface area contributed by atoms with Crippen molar-refractivity contribution < 1.29 is 9.13 Å². The number of ether oxygens (including phenoxy) is 1. The first-order valence-electron chi connectivity index (χ1n) is 6.53. The van der Waals surface area contributed by atoms with Crippen LogP contribution >= 0.6 is 15.9 Å². The molecular formula is C16H17BrFNO. The second kappa shape index (κ2) is 6.86. The molecule has 0 spiro atoms. The summed E-state index contributed by atoms with van der Waals surface area (Å²) in [6.45, 7) is 2.01. The second-order valence-corrected chi connectivity index (χ2v) is 5.54. The molecule has 2 nitrogen and oxygen atoms in total. The molecule has 0 aromatic heterocycles. The fourth-order valence-electron chi connectivity index (χ4n) is 1.96. The van der Waals surface area contributed by atoms with Gasteiger partial charge in [-0.05, 0) is 36.2 Å². The number of halogens is 2. The highest BCUT2D eigenvalue weighted by atomic mass is 79.9. The molecule has 0 saturated heterocycles. The maximum Gasteiger partial charge on any atom is 0.139 e. The third-order valence-electron chi connectivity index (χ3n) is 3.12. The summed E-state index contributed by atoms with van der Waals surface area (Å²) in [4.78, 5) is 0. The van der Waals surface area contributed by atoms with Crippen LogP contribution in [-0.4, -0.2) is 6.04 Å². The van der Waals surface area contributed by atoms with Crippen molar-refractivity contribution in [3.8, 4) is 5.75 Å². The van der Waals surface area contributed by atoms with Crippen LogP contribution in [0.3, 0.4) is 0 Å². The Morgan fingerprint density at radius 2 is 1.90 bits per heavy atom. The molecule has 2 aromatic carbocycles. The molecule has 2 rings (SSSR count). The first-order chi connectivity index (χ1) is 9.60. The number of hydrogen-bond donors (Lipinski definition) is 1. The van der Waals surface area contributed by atoms with Crippen molar-refractivity contribution in [1.29, 1.82) is 0 Å². The first kappa shape index (κ1) is 15.0. The third kappa shape index (κ3) is 3.81. The lowest BCUT2D eigenvalue weighted by Crippen LogP contribution is -2.31. The molecule has 106 valence electrons. The minimum atomic E-state index is -0.317. The van der Waals surface area contributed by atoms with Gasteiger partial charge in [-0.15, -0.1) is 0 Å². The normalized spacial score (nSPS) is 13.8. The van der Waals surface area contributed by atoms with Crippen molar-refractivity contribution in [2.75, 3.05) is 0 Å². The van der Waals surface area contributed by atoms with Gasteiger partial charge in [-0.25, -0.2) is 4.39 Å². The van der Waals surface area contributed by atoms with Gasteiger partial charge in [-0.1, -0.05) is 41.1 Å². The van der Waals surface area contributed by atoms with E-state index in [1.807, 2.05) is 31.2 Å². The molecule has 2 atom stereocenters. The van der Waals surface area contributed by atoms with Crippen molar-refractivity contribution >= 4 is 15.9 Å². The third-order valence-corrected chi connectivity index (χ3v) is 3.65. The summed E-state index contributed by atoms with van der Waals surface area (Å²) < 4.78 is 20.1. The summed E-state index contributed by atoms with van der Waals surface area (Å²) in [6.07, 6.45) is 0.477. The van der Waals surface area contributed by atoms with E-state index in [-0.39, 0.29) is 18.0 Å². The Morgan fingerprint density at radius 1 is 1.20 bits per heavy atom. The van der Waals surface area contributed by atoms with Crippen LogP contribution in [0.25, 0.3) is 0 Å². The van der Waals surface area contributed by atoms with Gasteiger partial charge in [0.05, 0.1) is 0 Å². The van der Waals surface area contributed by atoms with Crippen LogP contribution < -0.4 is 10.5 Å². The highest BCUT2D eigenvalue weighted by molar-refractivity contribution is 9.10. The van der Waals surface area contributed by atoms with E-state index in [0.717, 1.165) is 16.5 Å². The van der Waals surface area contributed by atoms with E-state index < -0.39 is 0 Å². The Labute approximate surface area is 126 Å². The quantitative estimate of drug-likeness (QED) is 0.874. The molecule has 0 saturated carbocycles. The van der Waals surface area contributed by atoms with Crippen molar-refractivity contribution in [3.63, 3.8) is 0 Å². The largest absolute Gasteiger partial charge is 0.484 e. The molecule has 0 fully saturated rings. The number of rotatable bonds is 5. The Kier molecular flexibility index (Phi) is 5.15. The Hall–Kier alpha value is -1.39. The lowest BCUT2D eigenvalue weighted by Gasteiger charge is -2.25. The molecule has 2 unspecified atom stereocenters. The van der Waals surface area contributed by atoms with Crippen LogP contribution in [0.4, 0.5) is 4.39 Å². The summed E-state index contributed by atoms with van der Waals surface area (Å²) in [5.41, 5.74) is 7.12. The molecule has 0 heterocycles. The zero-order valence-corrected chi connectivity index (χ0v) is 12.8. The highest BCUT2D eigenvalue weighted by Crippen LogP contribution is 2.27. The predicted molar refractivity (Wildman–Crippen MR) is 82.2 cm³/mol. The molecule has 0 bridgehead atoms. The Bertz CT molecular complexity index is 559. The van der Waals surface area contributed by atoms with Gasteiger partial charge in [0.15, 0.2) is 0 Å². The molecule has 4 heteroatoms. The molecule has 0 amide bonds. The Balaban J connectivity index is 2.26. The van der Waals surface area contributed by atoms with Crippen LogP contribution in [0.2, 0.25) is 0 Å². The van der Waals surface area contributed by atoms with E-state index in [4.69, 9.17) is 10.5 Å². The lowest BCUT2D eigenvalue weighted by molar-refractivity contribution is 0.170. The Morgan fingerprint density at radius 3 is 2.50 bits per heavy atom. The van der Waals surface area contributed by atoms with E-state index >= 15 is 0 Å². The minimum absolute atomic E-state index is 0.153. The molecule has 0 aliphatic carbocycles. The summed E-state index contributed by atoms with van der Waals surface area (Å²) >= 11 is 3.40. The van der Waals surface area contributed by atoms with E-state index in [1.165, 1.54) is 12.1 Å². The standard InChI is InChI=1S/C16H17BrFNO/c1-2-15(19)16(11-6-8-12(17)9-7-11)20-14-5-3-4-13(18)10-14/h3-10,15-16H,2,19H2,1H3. The average Bonchev–Trinajstić information content (AvgIpc) is 2.45. The van der Waals surface area contributed by atoms with Crippen LogP contribution in [0.5, 0.6) is 5.75 Å². The van der Waals surface area contributed by atoms with Gasteiger partial charge >= 0.3 is 0 Å². The summed E-state index contributed by atoms with van der Waals surface area (Å²) in [7, 11) is 0. The molecule has 2 aromatic rings. The van der Waals surface area contributed by atoms with E-state index in [0.29, 0.717) is 5.75 Å². The van der Waals surface area contributed by atoms with Gasteiger partial charge in [-0.2, -0.15) is 0 Å². The summed E-state index contributed by atoms with van der Waals surface area (Å²) in [5, 5.41) is 0. The number of hydrogen-bond acceptors (Lipinski definition) is 2. The zero-order chi connectivity index (χ0) is 14.5. The number of nitrogens with two attached hydrogens (primary N) is 1. The van der Waals surface area contributed by atoms with Gasteiger partial charge < -0.3 is 10.5 Å². The lowest BCUT2D eigenvalue weighted by atomic mass is 10.0. The van der Waals surface area contributed by atoms with Crippen LogP contribution in [-0.2, 0) is 0 Å². The predicted octanol–water partition coefficient (Wildman–Crippen LogP) is 4.45. The van der Waals surface area contributed by atoms with Crippen LogP contribution in [0, 0.1) is 5.82 Å². The van der Waals surface area contributed by atoms with Crippen molar-refractivity contribution in [2.45, 2.75) is 25.5 Å². The van der Waals surface area contributed by atoms with Gasteiger partial charge in [0.1, 0.15) is 17.7 Å². The number of benzene rings is 2. The molecule has 0 aliphatic rings. The van der Waals surface area contributed by atoms with Crippen LogP contribution in [0.15, 0.2) is 53.0 Å². The van der Waals surface area contributed by atoms with Crippen molar-refractivity contribution in [3.05, 3.63) is 64.4 Å². The topological polar surface area (TPSA) is 35.2 Å². The molecular weight excluding hydrogens is 321 g/mol. The molecule has 20 heavy (non-hydrogen) atoms. The average molecular weight is 338 g/mol. The van der Waals surface area contributed by atoms with Gasteiger partial charge in [0, 0.05) is 16.6 Å². The maximum atomic E-state index is 13.2. The van der Waals surface area contributed by atoms with E-state index in [2.05, 4.69) is 15.9 Å². The van der Waals surface area contributed by atoms with Gasteiger partial charge in [0.2, 0.25) is 0 Å². The van der Waals surface area contributed by atoms with E-state index in [9.17, 15) is 4.39 Å². The van der Waals surface area contributed by atoms with Crippen LogP contribution in [0.1, 0.15) is 25.0 Å². The summed E-state index contributed by atoms with van der Waals surface area (Å²) in [5.74, 6) is 0.170. The maximum absolute atomic E-state index is 13.2. The van der Waals surface area contributed by atoms with Crippen molar-refractivity contribution in [1.82, 2.24) is 0 Å². The zero-order valence-electron chi connectivity index (χ0n) is 11.2. The van der Waals surface area contributed by atoms with Crippen molar-refractivity contribution in [2.24, 2.45) is 5.73 Å². The highest BCUT2D eigenvalue weighted by Gasteiger charge is 2.20. The van der Waals surface area contributed by atoms with Gasteiger partial charge in [0.25, 0.3) is 0 Å². The monoisotopic (exact) mass is 337 g/mol. The molecule has 0 radical (unpaired) electrons. The summed E-state index contributed by atoms with van der Waals surface area (Å²) in [6, 6.07) is 13.8. The fraction of sp³-hybridized carbons (Fsp3) is 0.250. The minimum Gasteiger partial charge on any atom is -0.484 e. The SMILES string of the molecule is CCC(N)C(Oc1cccc(F)c1)c1ccc(Br)cc1. The fourth-order valence-corrected chi connectivity index (χ4v) is 2.22.